The highest BCUT2D eigenvalue weighted by Gasteiger charge is 2.61. The van der Waals surface area contributed by atoms with E-state index in [0.717, 1.165) is 4.90 Å². The number of carbonyl (C=O) groups is 3. The first-order valence-corrected chi connectivity index (χ1v) is 11.0. The molecule has 138 valence electrons. The predicted molar refractivity (Wildman–Crippen MR) is 102 cm³/mol. The van der Waals surface area contributed by atoms with Gasteiger partial charge in [0, 0.05) is 10.9 Å². The summed E-state index contributed by atoms with van der Waals surface area (Å²) < 4.78 is 12.5. The molecule has 1 aromatic carbocycles. The van der Waals surface area contributed by atoms with Gasteiger partial charge in [-0.05, 0) is 16.7 Å². The number of nitrogens with zero attached hydrogens (tertiary/aromatic N) is 1. The van der Waals surface area contributed by atoms with Crippen molar-refractivity contribution < 1.29 is 24.0 Å². The van der Waals surface area contributed by atoms with Crippen molar-refractivity contribution in [1.82, 2.24) is 10.2 Å². The number of hydrogen-bond donors (Lipinski definition) is 2. The van der Waals surface area contributed by atoms with Gasteiger partial charge in [-0.1, -0.05) is 62.2 Å². The molecule has 2 aliphatic rings. The van der Waals surface area contributed by atoms with Gasteiger partial charge < -0.3 is 15.0 Å². The van der Waals surface area contributed by atoms with Gasteiger partial charge in [-0.2, -0.15) is 0 Å². The van der Waals surface area contributed by atoms with Gasteiger partial charge in [0.1, 0.15) is 16.3 Å². The maximum atomic E-state index is 12.5. The topological polar surface area (TPSA) is 110 Å². The van der Waals surface area contributed by atoms with Gasteiger partial charge >= 0.3 is 5.97 Å². The molecule has 7 nitrogen and oxygen atoms in total. The zero-order chi connectivity index (χ0) is 19.0. The maximum Gasteiger partial charge on any atom is 0.352 e. The second kappa shape index (κ2) is 7.71. The smallest absolute Gasteiger partial charge is 0.352 e. The van der Waals surface area contributed by atoms with Crippen LogP contribution in [-0.4, -0.2) is 54.8 Å². The van der Waals surface area contributed by atoms with Crippen molar-refractivity contribution in [3.8, 4) is 0 Å². The second-order valence-electron chi connectivity index (χ2n) is 5.77. The predicted octanol–water partition coefficient (Wildman–Crippen LogP) is 1.27. The fraction of sp³-hybridized carbons (Fsp3) is 0.312. The lowest BCUT2D eigenvalue weighted by atomic mass is 10.0. The molecule has 0 bridgehead atoms. The SMILES string of the molecule is O=C(O)C1=C(CBr)C[S@+]([O-])[C@@H]2[C@H](NC(=O)C(Br)c3ccccc3)C(=O)N12. The van der Waals surface area contributed by atoms with E-state index >= 15 is 0 Å². The Morgan fingerprint density at radius 3 is 2.62 bits per heavy atom. The Hall–Kier alpha value is -1.36. The molecule has 1 fully saturated rings. The summed E-state index contributed by atoms with van der Waals surface area (Å²) in [5, 5.41) is 11.3. The lowest BCUT2D eigenvalue weighted by Crippen LogP contribution is -2.75. The van der Waals surface area contributed by atoms with Crippen LogP contribution >= 0.6 is 31.9 Å². The monoisotopic (exact) mass is 504 g/mol. The molecule has 0 aromatic heterocycles. The maximum absolute atomic E-state index is 12.5. The van der Waals surface area contributed by atoms with Crippen LogP contribution < -0.4 is 5.32 Å². The molecule has 2 amide bonds. The Kier molecular flexibility index (Phi) is 5.75. The average Bonchev–Trinajstić information content (AvgIpc) is 2.64. The second-order valence-corrected chi connectivity index (χ2v) is 8.78. The Morgan fingerprint density at radius 1 is 1.38 bits per heavy atom. The molecule has 1 unspecified atom stereocenters. The van der Waals surface area contributed by atoms with Crippen LogP contribution in [0.5, 0.6) is 0 Å². The first-order chi connectivity index (χ1) is 12.4. The number of aliphatic carboxylic acids is 1. The molecule has 0 radical (unpaired) electrons. The summed E-state index contributed by atoms with van der Waals surface area (Å²) in [6.07, 6.45) is 0. The minimum absolute atomic E-state index is 0.0458. The molecule has 0 spiro atoms. The number of β-lactam (4-membered cyclic amide) rings is 1. The van der Waals surface area contributed by atoms with Crippen molar-refractivity contribution in [3.63, 3.8) is 0 Å². The molecule has 2 N–H and O–H groups in total. The minimum atomic E-state index is -1.50. The standard InChI is InChI=1S/C16H14Br2N2O5S/c17-6-9-7-26(25)15-11(14(22)20(15)12(9)16(23)24)19-13(21)10(18)8-4-2-1-3-5-8/h1-5,10-11,15H,6-7H2,(H,19,21)(H,23,24)/t10?,11-,15-,26+/m1/s1. The Labute approximate surface area is 169 Å². The number of nitrogens with one attached hydrogen (secondary N) is 1. The van der Waals surface area contributed by atoms with Crippen LogP contribution in [0.1, 0.15) is 10.4 Å². The number of hydrogen-bond acceptors (Lipinski definition) is 4. The largest absolute Gasteiger partial charge is 0.614 e. The number of rotatable bonds is 5. The van der Waals surface area contributed by atoms with Crippen LogP contribution in [0.3, 0.4) is 0 Å². The highest BCUT2D eigenvalue weighted by molar-refractivity contribution is 9.09. The van der Waals surface area contributed by atoms with Crippen molar-refractivity contribution in [3.05, 3.63) is 47.2 Å². The van der Waals surface area contributed by atoms with E-state index in [1.54, 1.807) is 24.3 Å². The molecule has 4 atom stereocenters. The fourth-order valence-electron chi connectivity index (χ4n) is 2.96. The Bertz CT molecular complexity index is 788. The highest BCUT2D eigenvalue weighted by Crippen LogP contribution is 2.37. The number of benzene rings is 1. The number of fused-ring (bicyclic) bond motifs is 1. The molecule has 0 saturated carbocycles. The van der Waals surface area contributed by atoms with Crippen molar-refractivity contribution >= 4 is 60.8 Å². The third-order valence-corrected chi connectivity index (χ3v) is 7.46. The first kappa shape index (κ1) is 19.4. The number of alkyl halides is 2. The van der Waals surface area contributed by atoms with Gasteiger partial charge in [-0.25, -0.2) is 4.79 Å². The third-order valence-electron chi connectivity index (χ3n) is 4.19. The van der Waals surface area contributed by atoms with Gasteiger partial charge in [0.15, 0.2) is 6.04 Å². The average molecular weight is 506 g/mol. The Morgan fingerprint density at radius 2 is 2.04 bits per heavy atom. The number of carbonyl (C=O) groups excluding carboxylic acids is 2. The van der Waals surface area contributed by atoms with Crippen LogP contribution in [0.15, 0.2) is 41.6 Å². The third kappa shape index (κ3) is 3.30. The molecule has 1 aromatic rings. The number of amides is 2. The van der Waals surface area contributed by atoms with E-state index < -0.39 is 45.2 Å². The van der Waals surface area contributed by atoms with Gasteiger partial charge in [0.05, 0.1) is 0 Å². The zero-order valence-corrected chi connectivity index (χ0v) is 17.2. The van der Waals surface area contributed by atoms with E-state index in [2.05, 4.69) is 37.2 Å². The van der Waals surface area contributed by atoms with Crippen molar-refractivity contribution in [2.24, 2.45) is 0 Å². The molecule has 2 heterocycles. The van der Waals surface area contributed by atoms with Crippen LogP contribution in [0.2, 0.25) is 0 Å². The molecule has 0 aliphatic carbocycles. The van der Waals surface area contributed by atoms with Gasteiger partial charge in [0.2, 0.25) is 11.3 Å². The van der Waals surface area contributed by atoms with Crippen LogP contribution in [-0.2, 0) is 25.6 Å². The zero-order valence-electron chi connectivity index (χ0n) is 13.2. The normalized spacial score (nSPS) is 26.0. The molecular formula is C16H14Br2N2O5S. The Balaban J connectivity index is 1.78. The van der Waals surface area contributed by atoms with Crippen LogP contribution in [0, 0.1) is 0 Å². The summed E-state index contributed by atoms with van der Waals surface area (Å²) in [6, 6.07) is 7.92. The summed E-state index contributed by atoms with van der Waals surface area (Å²) >= 11 is 4.96. The van der Waals surface area contributed by atoms with Crippen LogP contribution in [0.4, 0.5) is 0 Å². The van der Waals surface area contributed by atoms with Gasteiger partial charge in [0.25, 0.3) is 5.91 Å². The van der Waals surface area contributed by atoms with Crippen LogP contribution in [0.25, 0.3) is 0 Å². The summed E-state index contributed by atoms with van der Waals surface area (Å²) in [5.41, 5.74) is 0.958. The van der Waals surface area contributed by atoms with Crippen molar-refractivity contribution in [2.75, 3.05) is 11.1 Å². The lowest BCUT2D eigenvalue weighted by Gasteiger charge is -2.49. The van der Waals surface area contributed by atoms with Crippen molar-refractivity contribution in [1.29, 1.82) is 0 Å². The summed E-state index contributed by atoms with van der Waals surface area (Å²) in [7, 11) is 0. The van der Waals surface area contributed by atoms with Crippen molar-refractivity contribution in [2.45, 2.75) is 16.2 Å². The first-order valence-electron chi connectivity index (χ1n) is 7.57. The van der Waals surface area contributed by atoms with Gasteiger partial charge in [-0.15, -0.1) is 0 Å². The lowest BCUT2D eigenvalue weighted by molar-refractivity contribution is -0.151. The number of carboxylic acids is 1. The minimum Gasteiger partial charge on any atom is -0.614 e. The molecule has 10 heteroatoms. The quantitative estimate of drug-likeness (QED) is 0.356. The molecular weight excluding hydrogens is 492 g/mol. The fourth-order valence-corrected chi connectivity index (χ4v) is 5.80. The van der Waals surface area contributed by atoms with E-state index in [4.69, 9.17) is 0 Å². The molecule has 1 saturated heterocycles. The summed E-state index contributed by atoms with van der Waals surface area (Å²) in [5.74, 6) is -2.22. The van der Waals surface area contributed by atoms with E-state index in [0.29, 0.717) is 11.1 Å². The molecule has 3 rings (SSSR count). The van der Waals surface area contributed by atoms with E-state index in [1.807, 2.05) is 6.07 Å². The summed E-state index contributed by atoms with van der Waals surface area (Å²) in [4.78, 5) is 36.8. The van der Waals surface area contributed by atoms with E-state index in [-0.39, 0.29) is 16.8 Å². The van der Waals surface area contributed by atoms with E-state index in [9.17, 15) is 24.0 Å². The molecule has 2 aliphatic heterocycles. The highest BCUT2D eigenvalue weighted by atomic mass is 79.9. The summed E-state index contributed by atoms with van der Waals surface area (Å²) in [6.45, 7) is 0. The molecule has 26 heavy (non-hydrogen) atoms. The van der Waals surface area contributed by atoms with Gasteiger partial charge in [-0.3, -0.25) is 14.5 Å². The van der Waals surface area contributed by atoms with E-state index in [1.165, 1.54) is 0 Å². The number of carboxylic acid groups (broad SMARTS) is 1. The number of halogens is 2.